The van der Waals surface area contributed by atoms with Gasteiger partial charge in [-0.05, 0) is 0 Å². The molecule has 0 spiro atoms. The van der Waals surface area contributed by atoms with Gasteiger partial charge in [-0.25, -0.2) is 0 Å². The average molecular weight is 892 g/mol. The standard InChI is InChI=1S/C61H127P/c1-5-9-13-17-21-25-29-33-34-35-36-37-41-45-49-53-57-61-62(58-54-50-46-42-38-30-26-22-18-14-10-6-2,59-55-51-47-43-39-31-27-23-19-15-11-7-3)60-56-52-48-44-40-32-28-24-20-16-12-8-4/h62H,5-61H2,1-4H3. The van der Waals surface area contributed by atoms with E-state index in [1.54, 1.807) is 76.0 Å². The summed E-state index contributed by atoms with van der Waals surface area (Å²) in [6, 6.07) is 0. The molecule has 62 heavy (non-hydrogen) atoms. The van der Waals surface area contributed by atoms with Crippen molar-refractivity contribution < 1.29 is 0 Å². The van der Waals surface area contributed by atoms with Crippen LogP contribution in [0.25, 0.3) is 0 Å². The van der Waals surface area contributed by atoms with Gasteiger partial charge in [0.1, 0.15) is 0 Å². The maximum atomic E-state index is 2.34. The van der Waals surface area contributed by atoms with E-state index in [1.165, 1.54) is 289 Å². The van der Waals surface area contributed by atoms with Crippen molar-refractivity contribution in [3.8, 4) is 0 Å². The van der Waals surface area contributed by atoms with Crippen LogP contribution >= 0.6 is 7.26 Å². The molecule has 0 unspecified atom stereocenters. The third kappa shape index (κ3) is 49.9. The molecule has 0 aromatic rings. The van der Waals surface area contributed by atoms with Crippen LogP contribution in [0.15, 0.2) is 0 Å². The summed E-state index contributed by atoms with van der Waals surface area (Å²) in [7, 11) is -1.20. The monoisotopic (exact) mass is 891 g/mol. The molecule has 376 valence electrons. The minimum Gasteiger partial charge on any atom is -0.0654 e. The Labute approximate surface area is 398 Å². The number of rotatable bonds is 57. The Balaban J connectivity index is 4.87. The number of hydrogen-bond donors (Lipinski definition) is 0. The fourth-order valence-corrected chi connectivity index (χ4v) is 16.5. The first-order chi connectivity index (χ1) is 30.7. The molecule has 0 bridgehead atoms. The first kappa shape index (κ1) is 62.4. The third-order valence-corrected chi connectivity index (χ3v) is 21.1. The Morgan fingerprint density at radius 2 is 0.226 bits per heavy atom. The van der Waals surface area contributed by atoms with E-state index in [0.717, 1.165) is 0 Å². The van der Waals surface area contributed by atoms with Crippen LogP contribution in [-0.4, -0.2) is 24.6 Å². The van der Waals surface area contributed by atoms with Gasteiger partial charge in [-0.1, -0.05) is 85.5 Å². The SMILES string of the molecule is CCCCCCCCCCCCCCCCCCC[PH](CCCCCCCCCCCCCC)(CCCCCCCCCCCCCC)CCCCCCCCCCCCCC. The molecule has 0 radical (unpaired) electrons. The van der Waals surface area contributed by atoms with Crippen LogP contribution < -0.4 is 0 Å². The zero-order valence-corrected chi connectivity index (χ0v) is 45.8. The molecule has 0 aliphatic heterocycles. The predicted octanol–water partition coefficient (Wildman–Crippen LogP) is 23.5. The van der Waals surface area contributed by atoms with E-state index in [1.807, 2.05) is 0 Å². The van der Waals surface area contributed by atoms with Gasteiger partial charge in [0.25, 0.3) is 0 Å². The second-order valence-corrected chi connectivity index (χ2v) is 26.8. The Morgan fingerprint density at radius 3 is 0.339 bits per heavy atom. The van der Waals surface area contributed by atoms with E-state index in [4.69, 9.17) is 0 Å². The van der Waals surface area contributed by atoms with Gasteiger partial charge < -0.3 is 0 Å². The van der Waals surface area contributed by atoms with Crippen LogP contribution in [0.1, 0.15) is 368 Å². The molecule has 0 saturated carbocycles. The second kappa shape index (κ2) is 55.8. The van der Waals surface area contributed by atoms with Crippen molar-refractivity contribution >= 4 is 7.26 Å². The van der Waals surface area contributed by atoms with Gasteiger partial charge in [-0.3, -0.25) is 0 Å². The fourth-order valence-electron chi connectivity index (χ4n) is 11.0. The molecule has 0 nitrogen and oxygen atoms in total. The molecule has 0 heterocycles. The summed E-state index contributed by atoms with van der Waals surface area (Å²) in [5.41, 5.74) is 0. The molecular formula is C61H127P. The molecular weight excluding hydrogens is 764 g/mol. The molecule has 0 amide bonds. The summed E-state index contributed by atoms with van der Waals surface area (Å²) in [5.74, 6) is 0. The maximum absolute atomic E-state index is 2.34. The van der Waals surface area contributed by atoms with Gasteiger partial charge in [0.2, 0.25) is 0 Å². The number of hydrogen-bond acceptors (Lipinski definition) is 0. The van der Waals surface area contributed by atoms with E-state index < -0.39 is 7.26 Å². The number of unbranched alkanes of at least 4 members (excludes halogenated alkanes) is 49. The normalized spacial score (nSPS) is 12.3. The summed E-state index contributed by atoms with van der Waals surface area (Å²) in [5, 5.41) is 0. The van der Waals surface area contributed by atoms with Crippen LogP contribution in [0.4, 0.5) is 0 Å². The van der Waals surface area contributed by atoms with Crippen LogP contribution in [0.3, 0.4) is 0 Å². The molecule has 0 aliphatic carbocycles. The van der Waals surface area contributed by atoms with Crippen molar-refractivity contribution in [3.05, 3.63) is 0 Å². The zero-order chi connectivity index (χ0) is 44.8. The van der Waals surface area contributed by atoms with Gasteiger partial charge >= 0.3 is 314 Å². The smallest absolute Gasteiger partial charge is 0.0654 e. The van der Waals surface area contributed by atoms with E-state index in [2.05, 4.69) is 27.7 Å². The molecule has 0 saturated heterocycles. The van der Waals surface area contributed by atoms with Crippen molar-refractivity contribution in [1.82, 2.24) is 0 Å². The van der Waals surface area contributed by atoms with Gasteiger partial charge in [-0.15, -0.1) is 0 Å². The van der Waals surface area contributed by atoms with Crippen LogP contribution in [0.5, 0.6) is 0 Å². The molecule has 0 aliphatic rings. The van der Waals surface area contributed by atoms with E-state index >= 15 is 0 Å². The Hall–Kier alpha value is 0.430. The Kier molecular flexibility index (Phi) is 56.1. The van der Waals surface area contributed by atoms with Crippen molar-refractivity contribution in [2.24, 2.45) is 0 Å². The minimum absolute atomic E-state index is 1.20. The van der Waals surface area contributed by atoms with Crippen molar-refractivity contribution in [2.75, 3.05) is 24.6 Å². The molecule has 0 N–H and O–H groups in total. The minimum atomic E-state index is -1.20. The quantitative estimate of drug-likeness (QED) is 0.0422. The topological polar surface area (TPSA) is 0 Å². The molecule has 0 atom stereocenters. The fraction of sp³-hybridized carbons (Fsp3) is 1.00. The summed E-state index contributed by atoms with van der Waals surface area (Å²) < 4.78 is 0. The molecule has 1 heteroatoms. The summed E-state index contributed by atoms with van der Waals surface area (Å²) in [6.45, 7) is 9.35. The second-order valence-electron chi connectivity index (χ2n) is 21.8. The van der Waals surface area contributed by atoms with Crippen LogP contribution in [0.2, 0.25) is 0 Å². The predicted molar refractivity (Wildman–Crippen MR) is 295 cm³/mol. The van der Waals surface area contributed by atoms with Gasteiger partial charge in [0.15, 0.2) is 0 Å². The molecule has 0 aromatic carbocycles. The van der Waals surface area contributed by atoms with Gasteiger partial charge in [-0.2, -0.15) is 0 Å². The van der Waals surface area contributed by atoms with Gasteiger partial charge in [0, 0.05) is 0 Å². The summed E-state index contributed by atoms with van der Waals surface area (Å²) in [6.07, 6.45) is 86.0. The van der Waals surface area contributed by atoms with Gasteiger partial charge in [0.05, 0.1) is 0 Å². The van der Waals surface area contributed by atoms with Crippen molar-refractivity contribution in [2.45, 2.75) is 368 Å². The third-order valence-electron chi connectivity index (χ3n) is 15.5. The first-order valence-electron chi connectivity index (χ1n) is 30.7. The van der Waals surface area contributed by atoms with E-state index in [-0.39, 0.29) is 0 Å². The Bertz CT molecular complexity index is 689. The summed E-state index contributed by atoms with van der Waals surface area (Å²) >= 11 is 0. The zero-order valence-electron chi connectivity index (χ0n) is 44.8. The van der Waals surface area contributed by atoms with E-state index in [9.17, 15) is 0 Å². The summed E-state index contributed by atoms with van der Waals surface area (Å²) in [4.78, 5) is 0. The van der Waals surface area contributed by atoms with Crippen LogP contribution in [0, 0.1) is 0 Å². The van der Waals surface area contributed by atoms with Crippen molar-refractivity contribution in [3.63, 3.8) is 0 Å². The Morgan fingerprint density at radius 1 is 0.129 bits per heavy atom. The molecule has 0 fully saturated rings. The van der Waals surface area contributed by atoms with Crippen molar-refractivity contribution in [1.29, 1.82) is 0 Å². The van der Waals surface area contributed by atoms with E-state index in [0.29, 0.717) is 0 Å². The molecule has 0 rings (SSSR count). The average Bonchev–Trinajstić information content (AvgIpc) is 3.28. The first-order valence-corrected chi connectivity index (χ1v) is 33.6. The molecule has 0 aromatic heterocycles. The van der Waals surface area contributed by atoms with Crippen LogP contribution in [-0.2, 0) is 0 Å².